The number of nitrogens with one attached hydrogen (secondary N) is 1. The molecular weight excluding hydrogens is 452 g/mol. The highest BCUT2D eigenvalue weighted by molar-refractivity contribution is 8.18. The Morgan fingerprint density at radius 3 is 2.62 bits per heavy atom. The highest BCUT2D eigenvalue weighted by atomic mass is 35.5. The lowest BCUT2D eigenvalue weighted by atomic mass is 10.1. The second-order valence-electron chi connectivity index (χ2n) is 7.02. The highest BCUT2D eigenvalue weighted by Gasteiger charge is 2.36. The van der Waals surface area contributed by atoms with Crippen LogP contribution in [0.15, 0.2) is 59.6 Å². The molecule has 0 aliphatic carbocycles. The van der Waals surface area contributed by atoms with Crippen molar-refractivity contribution in [1.29, 1.82) is 0 Å². The predicted octanol–water partition coefficient (Wildman–Crippen LogP) is 3.46. The summed E-state index contributed by atoms with van der Waals surface area (Å²) in [4.78, 5) is 50.0. The van der Waals surface area contributed by atoms with Crippen molar-refractivity contribution in [2.24, 2.45) is 5.73 Å². The maximum absolute atomic E-state index is 12.8. The average Bonchev–Trinajstić information content (AvgIpc) is 3.20. The minimum atomic E-state index is -0.562. The standard InChI is InChI=1S/C22H17ClN4O4S/c23-14-4-3-5-15(9-14)25-20(29)12-27-21(30)18(32-22(27)31)8-13-10-26(11-19(24)28)17-7-2-1-6-16(13)17/h1-10H,11-12H2,(H2,24,28)(H,25,29). The van der Waals surface area contributed by atoms with E-state index in [1.165, 1.54) is 0 Å². The van der Waals surface area contributed by atoms with E-state index in [9.17, 15) is 19.2 Å². The Labute approximate surface area is 192 Å². The molecule has 0 spiro atoms. The molecule has 3 N–H and O–H groups in total. The van der Waals surface area contributed by atoms with Crippen molar-refractivity contribution < 1.29 is 19.2 Å². The molecule has 0 bridgehead atoms. The maximum atomic E-state index is 12.8. The van der Waals surface area contributed by atoms with Crippen molar-refractivity contribution in [3.63, 3.8) is 0 Å². The number of halogens is 1. The Bertz CT molecular complexity index is 1300. The van der Waals surface area contributed by atoms with Crippen molar-refractivity contribution in [2.45, 2.75) is 6.54 Å². The normalized spacial score (nSPS) is 15.0. The summed E-state index contributed by atoms with van der Waals surface area (Å²) in [7, 11) is 0. The van der Waals surface area contributed by atoms with Gasteiger partial charge in [-0.2, -0.15) is 0 Å². The molecule has 8 nitrogen and oxygen atoms in total. The summed E-state index contributed by atoms with van der Waals surface area (Å²) in [5, 5.41) is 3.33. The zero-order valence-electron chi connectivity index (χ0n) is 16.6. The minimum absolute atomic E-state index is 0.0144. The van der Waals surface area contributed by atoms with Crippen LogP contribution in [0.5, 0.6) is 0 Å². The molecule has 1 aliphatic heterocycles. The smallest absolute Gasteiger partial charge is 0.294 e. The molecule has 2 aromatic carbocycles. The number of imide groups is 1. The lowest BCUT2D eigenvalue weighted by molar-refractivity contribution is -0.127. The van der Waals surface area contributed by atoms with Crippen LogP contribution in [0.3, 0.4) is 0 Å². The van der Waals surface area contributed by atoms with E-state index >= 15 is 0 Å². The zero-order chi connectivity index (χ0) is 22.8. The van der Waals surface area contributed by atoms with Gasteiger partial charge in [-0.25, -0.2) is 0 Å². The zero-order valence-corrected chi connectivity index (χ0v) is 18.2. The monoisotopic (exact) mass is 468 g/mol. The van der Waals surface area contributed by atoms with Crippen molar-refractivity contribution in [3.05, 3.63) is 70.2 Å². The van der Waals surface area contributed by atoms with Crippen molar-refractivity contribution in [1.82, 2.24) is 9.47 Å². The summed E-state index contributed by atoms with van der Waals surface area (Å²) < 4.78 is 1.69. The summed E-state index contributed by atoms with van der Waals surface area (Å²) in [5.74, 6) is -1.58. The number of primary amides is 1. The molecule has 2 heterocycles. The third-order valence-electron chi connectivity index (χ3n) is 4.72. The number of fused-ring (bicyclic) bond motifs is 1. The fourth-order valence-corrected chi connectivity index (χ4v) is 4.40. The molecule has 0 atom stereocenters. The average molecular weight is 469 g/mol. The molecule has 4 amide bonds. The van der Waals surface area contributed by atoms with Gasteiger partial charge in [0.15, 0.2) is 0 Å². The first-order valence-corrected chi connectivity index (χ1v) is 10.7. The van der Waals surface area contributed by atoms with E-state index in [1.807, 2.05) is 24.3 Å². The Morgan fingerprint density at radius 2 is 1.88 bits per heavy atom. The van der Waals surface area contributed by atoms with Gasteiger partial charge in [-0.1, -0.05) is 35.9 Å². The van der Waals surface area contributed by atoms with Crippen LogP contribution >= 0.6 is 23.4 Å². The number of hydrogen-bond donors (Lipinski definition) is 2. The van der Waals surface area contributed by atoms with Gasteiger partial charge in [0.1, 0.15) is 13.1 Å². The van der Waals surface area contributed by atoms with Gasteiger partial charge < -0.3 is 15.6 Å². The molecule has 1 aliphatic rings. The fraction of sp³-hybridized carbons (Fsp3) is 0.0909. The molecule has 1 fully saturated rings. The van der Waals surface area contributed by atoms with Gasteiger partial charge in [0.25, 0.3) is 11.1 Å². The number of aromatic nitrogens is 1. The molecule has 1 saturated heterocycles. The molecule has 10 heteroatoms. The first kappa shape index (κ1) is 21.7. The number of nitrogens with zero attached hydrogens (tertiary/aromatic N) is 2. The van der Waals surface area contributed by atoms with E-state index in [1.54, 1.807) is 41.1 Å². The number of carbonyl (C=O) groups excluding carboxylic acids is 4. The van der Waals surface area contributed by atoms with Gasteiger partial charge in [-0.15, -0.1) is 0 Å². The third kappa shape index (κ3) is 4.53. The molecule has 0 saturated carbocycles. The van der Waals surface area contributed by atoms with Crippen molar-refractivity contribution in [2.75, 3.05) is 11.9 Å². The molecule has 4 rings (SSSR count). The summed E-state index contributed by atoms with van der Waals surface area (Å²) >= 11 is 6.66. The summed E-state index contributed by atoms with van der Waals surface area (Å²) in [6.07, 6.45) is 3.29. The third-order valence-corrected chi connectivity index (χ3v) is 5.86. The van der Waals surface area contributed by atoms with Crippen molar-refractivity contribution >= 4 is 69.0 Å². The lowest BCUT2D eigenvalue weighted by Crippen LogP contribution is -2.36. The molecule has 162 valence electrons. The topological polar surface area (TPSA) is 114 Å². The van der Waals surface area contributed by atoms with E-state index in [0.717, 1.165) is 27.6 Å². The quantitative estimate of drug-likeness (QED) is 0.538. The Balaban J connectivity index is 1.55. The van der Waals surface area contributed by atoms with E-state index in [4.69, 9.17) is 17.3 Å². The van der Waals surface area contributed by atoms with Gasteiger partial charge in [0, 0.05) is 33.4 Å². The van der Waals surface area contributed by atoms with Gasteiger partial charge in [-0.3, -0.25) is 24.1 Å². The first-order chi connectivity index (χ1) is 15.3. The summed E-state index contributed by atoms with van der Waals surface area (Å²) in [5.41, 5.74) is 7.23. The van der Waals surface area contributed by atoms with Crippen LogP contribution in [0.25, 0.3) is 17.0 Å². The SMILES string of the molecule is NC(=O)Cn1cc(C=C2SC(=O)N(CC(=O)Nc3cccc(Cl)c3)C2=O)c2ccccc21. The van der Waals surface area contributed by atoms with E-state index in [-0.39, 0.29) is 11.4 Å². The largest absolute Gasteiger partial charge is 0.368 e. The molecule has 3 aromatic rings. The lowest BCUT2D eigenvalue weighted by Gasteiger charge is -2.12. The number of anilines is 1. The van der Waals surface area contributed by atoms with Crippen LogP contribution in [0.1, 0.15) is 5.56 Å². The number of amides is 4. The number of thioether (sulfide) groups is 1. The highest BCUT2D eigenvalue weighted by Crippen LogP contribution is 2.34. The van der Waals surface area contributed by atoms with Crippen LogP contribution in [0.4, 0.5) is 10.5 Å². The Kier molecular flexibility index (Phi) is 6.02. The molecular formula is C22H17ClN4O4S. The van der Waals surface area contributed by atoms with Gasteiger partial charge in [0.2, 0.25) is 11.8 Å². The predicted molar refractivity (Wildman–Crippen MR) is 124 cm³/mol. The molecule has 0 unspecified atom stereocenters. The second kappa shape index (κ2) is 8.89. The van der Waals surface area contributed by atoms with Crippen LogP contribution < -0.4 is 11.1 Å². The minimum Gasteiger partial charge on any atom is -0.368 e. The van der Waals surface area contributed by atoms with Gasteiger partial charge in [-0.05, 0) is 42.1 Å². The van der Waals surface area contributed by atoms with Gasteiger partial charge in [0.05, 0.1) is 4.91 Å². The van der Waals surface area contributed by atoms with Gasteiger partial charge >= 0.3 is 0 Å². The van der Waals surface area contributed by atoms with E-state index < -0.39 is 29.5 Å². The summed E-state index contributed by atoms with van der Waals surface area (Å²) in [6, 6.07) is 13.9. The maximum Gasteiger partial charge on any atom is 0.294 e. The van der Waals surface area contributed by atoms with E-state index in [2.05, 4.69) is 5.32 Å². The number of benzene rings is 2. The number of hydrogen-bond acceptors (Lipinski definition) is 5. The first-order valence-electron chi connectivity index (χ1n) is 9.49. The number of para-hydroxylation sites is 1. The van der Waals surface area contributed by atoms with E-state index in [0.29, 0.717) is 16.3 Å². The Morgan fingerprint density at radius 1 is 1.09 bits per heavy atom. The van der Waals surface area contributed by atoms with Crippen LogP contribution in [0, 0.1) is 0 Å². The fourth-order valence-electron chi connectivity index (χ4n) is 3.38. The number of nitrogens with two attached hydrogens (primary N) is 1. The second-order valence-corrected chi connectivity index (χ2v) is 8.45. The number of carbonyl (C=O) groups is 4. The Hall–Kier alpha value is -3.56. The van der Waals surface area contributed by atoms with Crippen LogP contribution in [-0.4, -0.2) is 39.0 Å². The molecule has 32 heavy (non-hydrogen) atoms. The number of rotatable bonds is 6. The summed E-state index contributed by atoms with van der Waals surface area (Å²) in [6.45, 7) is -0.433. The van der Waals surface area contributed by atoms with Crippen LogP contribution in [-0.2, 0) is 20.9 Å². The van der Waals surface area contributed by atoms with Crippen LogP contribution in [0.2, 0.25) is 5.02 Å². The van der Waals surface area contributed by atoms with Crippen molar-refractivity contribution in [3.8, 4) is 0 Å². The molecule has 0 radical (unpaired) electrons. The molecule has 1 aromatic heterocycles.